The molecule has 2 aromatic rings. The highest BCUT2D eigenvalue weighted by Crippen LogP contribution is 2.35. The van der Waals surface area contributed by atoms with Crippen molar-refractivity contribution >= 4 is 34.6 Å². The fourth-order valence-corrected chi connectivity index (χ4v) is 4.38. The van der Waals surface area contributed by atoms with Crippen LogP contribution in [0.5, 0.6) is 0 Å². The van der Waals surface area contributed by atoms with Crippen molar-refractivity contribution in [3.8, 4) is 0 Å². The Morgan fingerprint density at radius 2 is 1.93 bits per heavy atom. The van der Waals surface area contributed by atoms with E-state index in [1.54, 1.807) is 13.1 Å². The van der Waals surface area contributed by atoms with Crippen molar-refractivity contribution in [3.63, 3.8) is 0 Å². The zero-order valence-corrected chi connectivity index (χ0v) is 16.9. The molecule has 30 heavy (non-hydrogen) atoms. The summed E-state index contributed by atoms with van der Waals surface area (Å²) < 4.78 is 5.29. The number of urea groups is 1. The molecule has 2 fully saturated rings. The van der Waals surface area contributed by atoms with E-state index in [1.165, 1.54) is 4.90 Å². The second-order valence-corrected chi connectivity index (χ2v) is 8.02. The highest BCUT2D eigenvalue weighted by molar-refractivity contribution is 6.10. The minimum Gasteiger partial charge on any atom is -0.454 e. The van der Waals surface area contributed by atoms with E-state index in [0.717, 1.165) is 23.7 Å². The summed E-state index contributed by atoms with van der Waals surface area (Å²) in [5.74, 6) is -1.00. The van der Waals surface area contributed by atoms with Gasteiger partial charge in [0, 0.05) is 35.6 Å². The van der Waals surface area contributed by atoms with Crippen LogP contribution in [0.4, 0.5) is 4.79 Å². The Labute approximate surface area is 173 Å². The molecule has 1 spiro atoms. The number of fused-ring (bicyclic) bond motifs is 1. The molecule has 1 aromatic carbocycles. The highest BCUT2D eigenvalue weighted by atomic mass is 16.5. The van der Waals surface area contributed by atoms with Crippen molar-refractivity contribution in [2.45, 2.75) is 57.1 Å². The Kier molecular flexibility index (Phi) is 5.32. The van der Waals surface area contributed by atoms with Crippen molar-refractivity contribution in [2.75, 3.05) is 6.54 Å². The minimum absolute atomic E-state index is 0.0234. The summed E-state index contributed by atoms with van der Waals surface area (Å²) in [6.45, 7) is 1.70. The largest absolute Gasteiger partial charge is 0.454 e. The molecule has 2 aliphatic rings. The summed E-state index contributed by atoms with van der Waals surface area (Å²) >= 11 is 0. The van der Waals surface area contributed by atoms with Crippen molar-refractivity contribution in [1.29, 1.82) is 0 Å². The quantitative estimate of drug-likeness (QED) is 0.414. The highest BCUT2D eigenvalue weighted by Gasteiger charge is 2.52. The molecular weight excluding hydrogens is 386 g/mol. The molecule has 1 atom stereocenters. The molecule has 1 saturated heterocycles. The van der Waals surface area contributed by atoms with Crippen LogP contribution >= 0.6 is 0 Å². The lowest BCUT2D eigenvalue weighted by molar-refractivity contribution is -0.146. The van der Waals surface area contributed by atoms with Crippen LogP contribution in [0, 0.1) is 0 Å². The van der Waals surface area contributed by atoms with Gasteiger partial charge < -0.3 is 15.0 Å². The van der Waals surface area contributed by atoms with Crippen LogP contribution in [0.3, 0.4) is 0 Å². The number of nitrogens with zero attached hydrogens (tertiary/aromatic N) is 1. The van der Waals surface area contributed by atoms with E-state index < -0.39 is 23.6 Å². The molecule has 0 bridgehead atoms. The Bertz CT molecular complexity index is 1010. The van der Waals surface area contributed by atoms with Crippen LogP contribution in [0.1, 0.15) is 55.8 Å². The Balaban J connectivity index is 1.28. The van der Waals surface area contributed by atoms with Gasteiger partial charge in [-0.1, -0.05) is 31.0 Å². The number of rotatable bonds is 7. The summed E-state index contributed by atoms with van der Waals surface area (Å²) in [7, 11) is 0. The van der Waals surface area contributed by atoms with Crippen LogP contribution < -0.4 is 5.32 Å². The van der Waals surface area contributed by atoms with Gasteiger partial charge in [0.1, 0.15) is 5.54 Å². The molecule has 2 heterocycles. The van der Waals surface area contributed by atoms with E-state index in [2.05, 4.69) is 10.3 Å². The second kappa shape index (κ2) is 7.93. The first kappa shape index (κ1) is 20.1. The first-order valence-corrected chi connectivity index (χ1v) is 10.4. The number of H-pyrrole nitrogens is 1. The molecule has 158 valence electrons. The summed E-state index contributed by atoms with van der Waals surface area (Å²) in [5, 5.41) is 3.60. The molecule has 1 saturated carbocycles. The number of Topliss-reactive ketones (excluding diaryl/α,β-unsaturated/α-hetero) is 1. The van der Waals surface area contributed by atoms with Crippen LogP contribution in [0.25, 0.3) is 10.9 Å². The lowest BCUT2D eigenvalue weighted by Crippen LogP contribution is -2.44. The van der Waals surface area contributed by atoms with Gasteiger partial charge in [-0.2, -0.15) is 0 Å². The molecule has 0 radical (unpaired) electrons. The number of hydrogen-bond donors (Lipinski definition) is 2. The molecule has 3 amide bonds. The molecule has 1 aromatic heterocycles. The molecular formula is C22H25N3O5. The predicted molar refractivity (Wildman–Crippen MR) is 109 cm³/mol. The van der Waals surface area contributed by atoms with Crippen LogP contribution in [0.2, 0.25) is 0 Å². The average Bonchev–Trinajstić information content (AvgIpc) is 3.42. The second-order valence-electron chi connectivity index (χ2n) is 8.02. The smallest absolute Gasteiger partial charge is 0.325 e. The van der Waals surface area contributed by atoms with Crippen molar-refractivity contribution in [3.05, 3.63) is 36.0 Å². The number of aromatic amines is 1. The Morgan fingerprint density at radius 1 is 1.20 bits per heavy atom. The monoisotopic (exact) mass is 411 g/mol. The van der Waals surface area contributed by atoms with E-state index in [1.807, 2.05) is 24.3 Å². The van der Waals surface area contributed by atoms with E-state index in [-0.39, 0.29) is 24.7 Å². The fourth-order valence-electron chi connectivity index (χ4n) is 4.38. The van der Waals surface area contributed by atoms with Crippen LogP contribution in [-0.2, 0) is 14.3 Å². The first-order chi connectivity index (χ1) is 14.4. The van der Waals surface area contributed by atoms with E-state index in [9.17, 15) is 19.2 Å². The molecule has 2 N–H and O–H groups in total. The number of amides is 3. The van der Waals surface area contributed by atoms with E-state index >= 15 is 0 Å². The predicted octanol–water partition coefficient (Wildman–Crippen LogP) is 2.93. The van der Waals surface area contributed by atoms with Gasteiger partial charge in [-0.25, -0.2) is 4.79 Å². The molecule has 8 nitrogen and oxygen atoms in total. The van der Waals surface area contributed by atoms with Gasteiger partial charge in [0.15, 0.2) is 6.10 Å². The normalized spacial score (nSPS) is 18.8. The van der Waals surface area contributed by atoms with Crippen molar-refractivity contribution in [2.24, 2.45) is 0 Å². The average molecular weight is 411 g/mol. The zero-order chi connectivity index (χ0) is 21.3. The van der Waals surface area contributed by atoms with Crippen molar-refractivity contribution < 1.29 is 23.9 Å². The molecule has 8 heteroatoms. The van der Waals surface area contributed by atoms with Gasteiger partial charge in [0.05, 0.1) is 0 Å². The number of imide groups is 1. The summed E-state index contributed by atoms with van der Waals surface area (Å²) in [5.41, 5.74) is 0.581. The SMILES string of the molecule is CC(OC(=O)CCCN1C(=O)NC2(CCCC2)C1=O)C(=O)c1c[nH]c2ccccc12. The van der Waals surface area contributed by atoms with Crippen LogP contribution in [0.15, 0.2) is 30.5 Å². The van der Waals surface area contributed by atoms with Crippen molar-refractivity contribution in [1.82, 2.24) is 15.2 Å². The van der Waals surface area contributed by atoms with Gasteiger partial charge in [-0.3, -0.25) is 19.3 Å². The van der Waals surface area contributed by atoms with E-state index in [4.69, 9.17) is 4.74 Å². The Morgan fingerprint density at radius 3 is 2.70 bits per heavy atom. The molecule has 1 aliphatic carbocycles. The van der Waals surface area contributed by atoms with Gasteiger partial charge in [-0.05, 0) is 32.3 Å². The third-order valence-corrected chi connectivity index (χ3v) is 6.00. The number of ether oxygens (including phenoxy) is 1. The molecule has 4 rings (SSSR count). The lowest BCUT2D eigenvalue weighted by Gasteiger charge is -2.20. The standard InChI is InChI=1S/C22H25N3O5/c1-14(19(27)16-13-23-17-8-3-2-7-15(16)17)30-18(26)9-6-12-25-20(28)22(24-21(25)29)10-4-5-11-22/h2-3,7-8,13-14,23H,4-6,9-12H2,1H3,(H,24,29). The number of aromatic nitrogens is 1. The summed E-state index contributed by atoms with van der Waals surface area (Å²) in [6, 6.07) is 7.03. The number of carbonyl (C=O) groups is 4. The number of carbonyl (C=O) groups excluding carboxylic acids is 4. The van der Waals surface area contributed by atoms with Gasteiger partial charge in [0.2, 0.25) is 5.78 Å². The number of ketones is 1. The minimum atomic E-state index is -0.921. The van der Waals surface area contributed by atoms with Crippen LogP contribution in [-0.4, -0.2) is 51.8 Å². The maximum absolute atomic E-state index is 12.7. The third-order valence-electron chi connectivity index (χ3n) is 6.00. The first-order valence-electron chi connectivity index (χ1n) is 10.4. The maximum Gasteiger partial charge on any atom is 0.325 e. The molecule has 1 unspecified atom stereocenters. The fraction of sp³-hybridized carbons (Fsp3) is 0.455. The number of nitrogens with one attached hydrogen (secondary N) is 2. The summed E-state index contributed by atoms with van der Waals surface area (Å²) in [6.07, 6.45) is 4.21. The number of hydrogen-bond acceptors (Lipinski definition) is 5. The molecule has 1 aliphatic heterocycles. The van der Waals surface area contributed by atoms with Gasteiger partial charge >= 0.3 is 12.0 Å². The number of esters is 1. The zero-order valence-electron chi connectivity index (χ0n) is 16.9. The lowest BCUT2D eigenvalue weighted by atomic mass is 9.98. The van der Waals surface area contributed by atoms with E-state index in [0.29, 0.717) is 24.8 Å². The number of para-hydroxylation sites is 1. The maximum atomic E-state index is 12.7. The third kappa shape index (κ3) is 3.58. The van der Waals surface area contributed by atoms with Gasteiger partial charge in [0.25, 0.3) is 5.91 Å². The summed E-state index contributed by atoms with van der Waals surface area (Å²) in [4.78, 5) is 53.8. The Hall–Kier alpha value is -3.16. The van der Waals surface area contributed by atoms with Gasteiger partial charge in [-0.15, -0.1) is 0 Å². The topological polar surface area (TPSA) is 109 Å². The number of benzene rings is 1.